The number of ether oxygens (including phenoxy) is 1. The topological polar surface area (TPSA) is 139 Å². The highest BCUT2D eigenvalue weighted by atomic mass is 32.2. The number of nitrogens with zero attached hydrogens (tertiary/aromatic N) is 2. The largest absolute Gasteiger partial charge is 0.480 e. The van der Waals surface area contributed by atoms with Crippen LogP contribution < -0.4 is 5.32 Å². The summed E-state index contributed by atoms with van der Waals surface area (Å²) in [6.45, 7) is 3.37. The highest BCUT2D eigenvalue weighted by Gasteiger charge is 2.64. The third-order valence-corrected chi connectivity index (χ3v) is 6.04. The first-order chi connectivity index (χ1) is 12.6. The Morgan fingerprint density at radius 1 is 1.37 bits per heavy atom. The molecule has 2 aliphatic rings. The Labute approximate surface area is 158 Å². The quantitative estimate of drug-likeness (QED) is 0.432. The minimum Gasteiger partial charge on any atom is -0.480 e. The summed E-state index contributed by atoms with van der Waals surface area (Å²) in [6.07, 6.45) is -0.816. The Bertz CT molecular complexity index is 811. The van der Waals surface area contributed by atoms with Crippen LogP contribution in [0.1, 0.15) is 19.4 Å². The number of rotatable bonds is 5. The Kier molecular flexibility index (Phi) is 4.72. The van der Waals surface area contributed by atoms with E-state index in [2.05, 4.69) is 5.32 Å². The fourth-order valence-electron chi connectivity index (χ4n) is 3.18. The Balaban J connectivity index is 1.56. The second-order valence-corrected chi connectivity index (χ2v) is 8.49. The molecule has 144 valence electrons. The summed E-state index contributed by atoms with van der Waals surface area (Å²) in [6, 6.07) is 3.74. The number of hydrogen-bond donors (Lipinski definition) is 2. The first-order valence-corrected chi connectivity index (χ1v) is 8.89. The number of nitro benzene ring substituents is 1. The number of nitro groups is 1. The molecule has 2 N–H and O–H groups in total. The lowest BCUT2D eigenvalue weighted by Gasteiger charge is -2.43. The van der Waals surface area contributed by atoms with Crippen molar-refractivity contribution in [3.8, 4) is 0 Å². The van der Waals surface area contributed by atoms with Gasteiger partial charge in [-0.05, 0) is 31.5 Å². The van der Waals surface area contributed by atoms with E-state index in [1.54, 1.807) is 13.8 Å². The number of β-lactam (4-membered cyclic amide) rings is 1. The lowest BCUT2D eigenvalue weighted by molar-refractivity contribution is -0.384. The maximum Gasteiger partial charge on any atom is 0.408 e. The molecule has 11 heteroatoms. The van der Waals surface area contributed by atoms with Gasteiger partial charge in [-0.3, -0.25) is 14.9 Å². The van der Waals surface area contributed by atoms with E-state index in [0.717, 1.165) is 0 Å². The van der Waals surface area contributed by atoms with Crippen molar-refractivity contribution in [2.24, 2.45) is 0 Å². The molecule has 3 atom stereocenters. The third kappa shape index (κ3) is 3.42. The third-order valence-electron chi connectivity index (χ3n) is 4.47. The summed E-state index contributed by atoms with van der Waals surface area (Å²) in [5.41, 5.74) is 0.483. The summed E-state index contributed by atoms with van der Waals surface area (Å²) in [7, 11) is 0. The van der Waals surface area contributed by atoms with Crippen molar-refractivity contribution in [3.05, 3.63) is 39.9 Å². The average molecular weight is 395 g/mol. The number of thioether (sulfide) groups is 1. The molecule has 27 heavy (non-hydrogen) atoms. The maximum atomic E-state index is 12.3. The van der Waals surface area contributed by atoms with Crippen molar-refractivity contribution < 1.29 is 29.2 Å². The van der Waals surface area contributed by atoms with Gasteiger partial charge in [0.05, 0.1) is 4.92 Å². The highest BCUT2D eigenvalue weighted by Crippen LogP contribution is 2.50. The molecule has 2 heterocycles. The molecule has 2 aliphatic heterocycles. The Morgan fingerprint density at radius 2 is 2.00 bits per heavy atom. The fraction of sp³-hybridized carbons (Fsp3) is 0.438. The first-order valence-electron chi connectivity index (χ1n) is 8.01. The van der Waals surface area contributed by atoms with Crippen LogP contribution in [0.5, 0.6) is 0 Å². The van der Waals surface area contributed by atoms with Gasteiger partial charge in [0.15, 0.2) is 0 Å². The zero-order valence-corrected chi connectivity index (χ0v) is 15.3. The van der Waals surface area contributed by atoms with E-state index < -0.39 is 45.1 Å². The minimum absolute atomic E-state index is 0.0720. The molecule has 1 aromatic rings. The van der Waals surface area contributed by atoms with E-state index in [9.17, 15) is 29.6 Å². The van der Waals surface area contributed by atoms with Crippen molar-refractivity contribution in [1.82, 2.24) is 10.2 Å². The summed E-state index contributed by atoms with van der Waals surface area (Å²) in [4.78, 5) is 47.0. The Hall–Kier alpha value is -2.82. The predicted octanol–water partition coefficient (Wildman–Crippen LogP) is 1.34. The molecule has 0 aliphatic carbocycles. The van der Waals surface area contributed by atoms with Crippen LogP contribution in [0.2, 0.25) is 0 Å². The van der Waals surface area contributed by atoms with Crippen molar-refractivity contribution in [3.63, 3.8) is 0 Å². The minimum atomic E-state index is -1.08. The summed E-state index contributed by atoms with van der Waals surface area (Å²) in [5.74, 6) is -1.54. The second kappa shape index (κ2) is 6.72. The van der Waals surface area contributed by atoms with Gasteiger partial charge in [-0.15, -0.1) is 11.8 Å². The number of alkyl carbamates (subject to hydrolysis) is 1. The number of benzene rings is 1. The monoisotopic (exact) mass is 395 g/mol. The molecule has 10 nitrogen and oxygen atoms in total. The molecule has 0 saturated carbocycles. The van der Waals surface area contributed by atoms with Crippen molar-refractivity contribution in [2.75, 3.05) is 0 Å². The van der Waals surface area contributed by atoms with E-state index in [1.165, 1.54) is 40.9 Å². The van der Waals surface area contributed by atoms with Crippen LogP contribution in [0.3, 0.4) is 0 Å². The van der Waals surface area contributed by atoms with Crippen LogP contribution in [0.25, 0.3) is 0 Å². The van der Waals surface area contributed by atoms with Crippen LogP contribution in [0, 0.1) is 10.1 Å². The molecule has 0 spiro atoms. The van der Waals surface area contributed by atoms with E-state index in [-0.39, 0.29) is 12.3 Å². The van der Waals surface area contributed by atoms with Gasteiger partial charge < -0.3 is 20.1 Å². The molecule has 2 saturated heterocycles. The molecule has 3 rings (SSSR count). The van der Waals surface area contributed by atoms with E-state index in [4.69, 9.17) is 4.74 Å². The number of aliphatic carboxylic acids is 1. The van der Waals surface area contributed by atoms with Gasteiger partial charge in [-0.2, -0.15) is 0 Å². The number of carboxylic acid groups (broad SMARTS) is 1. The fourth-order valence-corrected chi connectivity index (χ4v) is 4.80. The van der Waals surface area contributed by atoms with Gasteiger partial charge in [0.1, 0.15) is 24.1 Å². The molecule has 2 amide bonds. The lowest BCUT2D eigenvalue weighted by atomic mass is 9.96. The summed E-state index contributed by atoms with van der Waals surface area (Å²) >= 11 is 1.32. The van der Waals surface area contributed by atoms with Gasteiger partial charge in [-0.25, -0.2) is 9.59 Å². The number of carbonyl (C=O) groups is 3. The van der Waals surface area contributed by atoms with E-state index in [0.29, 0.717) is 5.56 Å². The molecule has 0 bridgehead atoms. The predicted molar refractivity (Wildman–Crippen MR) is 93.9 cm³/mol. The lowest BCUT2D eigenvalue weighted by Crippen LogP contribution is -2.70. The van der Waals surface area contributed by atoms with Gasteiger partial charge >= 0.3 is 12.1 Å². The summed E-state index contributed by atoms with van der Waals surface area (Å²) < 4.78 is 4.37. The normalized spacial score (nSPS) is 25.3. The number of carboxylic acids is 1. The smallest absolute Gasteiger partial charge is 0.408 e. The number of hydrogen-bond acceptors (Lipinski definition) is 7. The van der Waals surface area contributed by atoms with Gasteiger partial charge in [0.25, 0.3) is 5.69 Å². The van der Waals surface area contributed by atoms with Gasteiger partial charge in [0, 0.05) is 16.9 Å². The van der Waals surface area contributed by atoms with E-state index in [1.807, 2.05) is 0 Å². The maximum absolute atomic E-state index is 12.3. The molecular formula is C16H17N3O7S. The van der Waals surface area contributed by atoms with Gasteiger partial charge in [-0.1, -0.05) is 0 Å². The molecule has 1 aromatic carbocycles. The number of amides is 2. The van der Waals surface area contributed by atoms with Crippen molar-refractivity contribution in [2.45, 2.75) is 42.7 Å². The molecular weight excluding hydrogens is 378 g/mol. The number of non-ortho nitro benzene ring substituents is 1. The van der Waals surface area contributed by atoms with Crippen LogP contribution in [0.4, 0.5) is 10.5 Å². The number of nitrogens with one attached hydrogen (secondary N) is 1. The second-order valence-electron chi connectivity index (χ2n) is 6.72. The number of carbonyl (C=O) groups excluding carboxylic acids is 2. The first kappa shape index (κ1) is 19.0. The van der Waals surface area contributed by atoms with Crippen molar-refractivity contribution >= 4 is 35.4 Å². The highest BCUT2D eigenvalue weighted by molar-refractivity contribution is 8.01. The van der Waals surface area contributed by atoms with Crippen LogP contribution in [0.15, 0.2) is 24.3 Å². The van der Waals surface area contributed by atoms with Gasteiger partial charge in [0.2, 0.25) is 5.91 Å². The molecule has 0 aromatic heterocycles. The van der Waals surface area contributed by atoms with E-state index >= 15 is 0 Å². The van der Waals surface area contributed by atoms with Crippen molar-refractivity contribution in [1.29, 1.82) is 0 Å². The Morgan fingerprint density at radius 3 is 2.56 bits per heavy atom. The zero-order chi connectivity index (χ0) is 19.9. The molecule has 1 unspecified atom stereocenters. The van der Waals surface area contributed by atoms with Crippen LogP contribution in [-0.2, 0) is 20.9 Å². The standard InChI is InChI=1S/C16H17N3O7S/c1-16(2)11(14(21)22)18-12(20)10(13(18)27-16)17-15(23)26-7-8-3-5-9(6-4-8)19(24)25/h3-6,10-11,13H,7H2,1-2H3,(H,17,23)(H,21,22)/t10?,11-,13+/m0/s1. The molecule has 0 radical (unpaired) electrons. The zero-order valence-electron chi connectivity index (χ0n) is 14.4. The summed E-state index contributed by atoms with van der Waals surface area (Å²) in [5, 5.41) is 22.0. The number of fused-ring (bicyclic) bond motifs is 1. The molecule has 2 fully saturated rings. The average Bonchev–Trinajstić information content (AvgIpc) is 2.86. The SMILES string of the molecule is CC1(C)S[C@@H]2C(NC(=O)OCc3ccc([N+](=O)[O-])cc3)C(=O)N2[C@H]1C(=O)O. The van der Waals surface area contributed by atoms with Crippen LogP contribution >= 0.6 is 11.8 Å². The van der Waals surface area contributed by atoms with Crippen LogP contribution in [-0.4, -0.2) is 55.1 Å².